The summed E-state index contributed by atoms with van der Waals surface area (Å²) in [5, 5.41) is 9.07. The van der Waals surface area contributed by atoms with Crippen molar-refractivity contribution in [2.24, 2.45) is 17.6 Å². The van der Waals surface area contributed by atoms with Crippen molar-refractivity contribution in [1.82, 2.24) is 4.90 Å². The summed E-state index contributed by atoms with van der Waals surface area (Å²) in [6.45, 7) is 4.66. The van der Waals surface area contributed by atoms with Crippen LogP contribution in [0.1, 0.15) is 45.4 Å². The molecule has 1 aliphatic rings. The molecule has 0 aromatic rings. The standard InChI is InChI=1S/C14H28N2O2/c1-2-3-12(6-8-15)4-5-14(18)16-9-7-13(10-16)11-17/h12-13,17H,2-11,15H2,1H3. The van der Waals surface area contributed by atoms with Crippen LogP contribution in [0.2, 0.25) is 0 Å². The lowest BCUT2D eigenvalue weighted by Crippen LogP contribution is -2.29. The highest BCUT2D eigenvalue weighted by Crippen LogP contribution is 2.20. The smallest absolute Gasteiger partial charge is 0.222 e. The largest absolute Gasteiger partial charge is 0.396 e. The van der Waals surface area contributed by atoms with Crippen LogP contribution in [-0.2, 0) is 4.79 Å². The van der Waals surface area contributed by atoms with Gasteiger partial charge < -0.3 is 15.7 Å². The second kappa shape index (κ2) is 8.48. The first-order valence-corrected chi connectivity index (χ1v) is 7.29. The molecular formula is C14H28N2O2. The van der Waals surface area contributed by atoms with E-state index in [9.17, 15) is 4.79 Å². The minimum Gasteiger partial charge on any atom is -0.396 e. The topological polar surface area (TPSA) is 66.6 Å². The molecule has 0 saturated carbocycles. The molecular weight excluding hydrogens is 228 g/mol. The second-order valence-corrected chi connectivity index (χ2v) is 5.45. The van der Waals surface area contributed by atoms with Gasteiger partial charge in [-0.15, -0.1) is 0 Å². The van der Waals surface area contributed by atoms with Crippen molar-refractivity contribution in [3.63, 3.8) is 0 Å². The fraction of sp³-hybridized carbons (Fsp3) is 0.929. The second-order valence-electron chi connectivity index (χ2n) is 5.45. The van der Waals surface area contributed by atoms with Gasteiger partial charge in [0.1, 0.15) is 0 Å². The Labute approximate surface area is 111 Å². The first-order valence-electron chi connectivity index (χ1n) is 7.29. The van der Waals surface area contributed by atoms with Gasteiger partial charge in [-0.3, -0.25) is 4.79 Å². The van der Waals surface area contributed by atoms with Crippen molar-refractivity contribution in [2.45, 2.75) is 45.4 Å². The van der Waals surface area contributed by atoms with Crippen LogP contribution in [0.15, 0.2) is 0 Å². The maximum Gasteiger partial charge on any atom is 0.222 e. The average molecular weight is 256 g/mol. The van der Waals surface area contributed by atoms with Crippen LogP contribution in [-0.4, -0.2) is 42.2 Å². The summed E-state index contributed by atoms with van der Waals surface area (Å²) in [4.78, 5) is 13.9. The number of hydrogen-bond donors (Lipinski definition) is 2. The van der Waals surface area contributed by atoms with E-state index < -0.39 is 0 Å². The van der Waals surface area contributed by atoms with Crippen molar-refractivity contribution in [3.05, 3.63) is 0 Å². The van der Waals surface area contributed by atoms with Gasteiger partial charge in [-0.25, -0.2) is 0 Å². The minimum absolute atomic E-state index is 0.204. The number of nitrogens with zero attached hydrogens (tertiary/aromatic N) is 1. The summed E-state index contributed by atoms with van der Waals surface area (Å²) in [6.07, 6.45) is 5.91. The molecule has 18 heavy (non-hydrogen) atoms. The molecule has 3 N–H and O–H groups in total. The lowest BCUT2D eigenvalue weighted by atomic mass is 9.94. The Hall–Kier alpha value is -0.610. The van der Waals surface area contributed by atoms with Gasteiger partial charge >= 0.3 is 0 Å². The zero-order chi connectivity index (χ0) is 13.4. The highest BCUT2D eigenvalue weighted by Gasteiger charge is 2.25. The van der Waals surface area contributed by atoms with Crippen molar-refractivity contribution in [1.29, 1.82) is 0 Å². The van der Waals surface area contributed by atoms with Crippen LogP contribution in [0.5, 0.6) is 0 Å². The monoisotopic (exact) mass is 256 g/mol. The molecule has 1 saturated heterocycles. The molecule has 1 aliphatic heterocycles. The normalized spacial score (nSPS) is 21.3. The molecule has 1 amide bonds. The molecule has 0 radical (unpaired) electrons. The number of hydrogen-bond acceptors (Lipinski definition) is 3. The first-order chi connectivity index (χ1) is 8.71. The summed E-state index contributed by atoms with van der Waals surface area (Å²) in [5.74, 6) is 1.15. The molecule has 0 aromatic carbocycles. The van der Waals surface area contributed by atoms with Crippen molar-refractivity contribution >= 4 is 5.91 Å². The molecule has 0 aromatic heterocycles. The Morgan fingerprint density at radius 2 is 2.22 bits per heavy atom. The molecule has 1 fully saturated rings. The summed E-state index contributed by atoms with van der Waals surface area (Å²) in [7, 11) is 0. The van der Waals surface area contributed by atoms with E-state index in [1.165, 1.54) is 6.42 Å². The van der Waals surface area contributed by atoms with E-state index in [4.69, 9.17) is 10.8 Å². The number of aliphatic hydroxyl groups is 1. The van der Waals surface area contributed by atoms with E-state index in [1.807, 2.05) is 4.90 Å². The quantitative estimate of drug-likeness (QED) is 0.689. The van der Waals surface area contributed by atoms with E-state index in [2.05, 4.69) is 6.92 Å². The Morgan fingerprint density at radius 1 is 1.44 bits per heavy atom. The van der Waals surface area contributed by atoms with Crippen LogP contribution >= 0.6 is 0 Å². The maximum absolute atomic E-state index is 12.0. The third-order valence-electron chi connectivity index (χ3n) is 3.94. The SMILES string of the molecule is CCCC(CCN)CCC(=O)N1CCC(CO)C1. The zero-order valence-corrected chi connectivity index (χ0v) is 11.6. The third kappa shape index (κ3) is 4.94. The molecule has 4 nitrogen and oxygen atoms in total. The zero-order valence-electron chi connectivity index (χ0n) is 11.6. The van der Waals surface area contributed by atoms with Crippen LogP contribution in [0.4, 0.5) is 0 Å². The molecule has 4 heteroatoms. The fourth-order valence-corrected chi connectivity index (χ4v) is 2.77. The summed E-state index contributed by atoms with van der Waals surface area (Å²) in [6, 6.07) is 0. The number of nitrogens with two attached hydrogens (primary N) is 1. The lowest BCUT2D eigenvalue weighted by Gasteiger charge is -2.19. The minimum atomic E-state index is 0.204. The predicted molar refractivity (Wildman–Crippen MR) is 73.1 cm³/mol. The summed E-state index contributed by atoms with van der Waals surface area (Å²) < 4.78 is 0. The van der Waals surface area contributed by atoms with Crippen molar-refractivity contribution < 1.29 is 9.90 Å². The van der Waals surface area contributed by atoms with Gasteiger partial charge in [-0.1, -0.05) is 19.8 Å². The molecule has 2 atom stereocenters. The number of rotatable bonds is 8. The molecule has 1 rings (SSSR count). The van der Waals surface area contributed by atoms with E-state index in [-0.39, 0.29) is 12.5 Å². The number of carbonyl (C=O) groups excluding carboxylic acids is 1. The van der Waals surface area contributed by atoms with Crippen molar-refractivity contribution in [3.8, 4) is 0 Å². The molecule has 2 unspecified atom stereocenters. The average Bonchev–Trinajstić information content (AvgIpc) is 2.85. The highest BCUT2D eigenvalue weighted by atomic mass is 16.3. The van der Waals surface area contributed by atoms with Gasteiger partial charge in [0.05, 0.1) is 0 Å². The molecule has 1 heterocycles. The molecule has 0 spiro atoms. The van der Waals surface area contributed by atoms with Gasteiger partial charge in [0.25, 0.3) is 0 Å². The van der Waals surface area contributed by atoms with E-state index >= 15 is 0 Å². The van der Waals surface area contributed by atoms with E-state index in [1.54, 1.807) is 0 Å². The van der Waals surface area contributed by atoms with Crippen LogP contribution in [0.25, 0.3) is 0 Å². The van der Waals surface area contributed by atoms with Gasteiger partial charge in [0.15, 0.2) is 0 Å². The lowest BCUT2D eigenvalue weighted by molar-refractivity contribution is -0.130. The maximum atomic E-state index is 12.0. The van der Waals surface area contributed by atoms with Gasteiger partial charge in [0.2, 0.25) is 5.91 Å². The van der Waals surface area contributed by atoms with E-state index in [0.29, 0.717) is 18.3 Å². The number of likely N-dealkylation sites (tertiary alicyclic amines) is 1. The van der Waals surface area contributed by atoms with Crippen molar-refractivity contribution in [2.75, 3.05) is 26.2 Å². The Morgan fingerprint density at radius 3 is 2.78 bits per heavy atom. The fourth-order valence-electron chi connectivity index (χ4n) is 2.77. The summed E-state index contributed by atoms with van der Waals surface area (Å²) in [5.41, 5.74) is 5.60. The van der Waals surface area contributed by atoms with Crippen LogP contribution in [0, 0.1) is 11.8 Å². The van der Waals surface area contributed by atoms with Gasteiger partial charge in [-0.2, -0.15) is 0 Å². The number of aliphatic hydroxyl groups excluding tert-OH is 1. The Balaban J connectivity index is 2.27. The number of amides is 1. The molecule has 0 bridgehead atoms. The van der Waals surface area contributed by atoms with E-state index in [0.717, 1.165) is 45.3 Å². The molecule has 106 valence electrons. The van der Waals surface area contributed by atoms with Crippen LogP contribution < -0.4 is 5.73 Å². The third-order valence-corrected chi connectivity index (χ3v) is 3.94. The Bertz CT molecular complexity index is 240. The van der Waals surface area contributed by atoms with Crippen LogP contribution in [0.3, 0.4) is 0 Å². The van der Waals surface area contributed by atoms with Gasteiger partial charge in [0, 0.05) is 32.0 Å². The highest BCUT2D eigenvalue weighted by molar-refractivity contribution is 5.76. The molecule has 0 aliphatic carbocycles. The summed E-state index contributed by atoms with van der Waals surface area (Å²) >= 11 is 0. The predicted octanol–water partition coefficient (Wildman–Crippen LogP) is 1.37. The Kier molecular flexibility index (Phi) is 7.28. The number of carbonyl (C=O) groups is 1. The first kappa shape index (κ1) is 15.4. The van der Waals surface area contributed by atoms with Gasteiger partial charge in [-0.05, 0) is 31.7 Å².